The predicted molar refractivity (Wildman–Crippen MR) is 64.1 cm³/mol. The van der Waals surface area contributed by atoms with E-state index in [1.807, 2.05) is 24.3 Å². The number of nitrogens with zero attached hydrogens (tertiary/aromatic N) is 1. The number of carbonyl (C=O) groups excluding carboxylic acids is 1. The van der Waals surface area contributed by atoms with Gasteiger partial charge < -0.3 is 4.74 Å². The molecular weight excluding hydrogens is 238 g/mol. The second-order valence-corrected chi connectivity index (χ2v) is 4.39. The van der Waals surface area contributed by atoms with Crippen LogP contribution in [0.5, 0.6) is 0 Å². The van der Waals surface area contributed by atoms with Crippen LogP contribution in [0.2, 0.25) is 5.02 Å². The van der Waals surface area contributed by atoms with E-state index < -0.39 is 0 Å². The Kier molecular flexibility index (Phi) is 2.50. The van der Waals surface area contributed by atoms with Gasteiger partial charge in [0.05, 0.1) is 0 Å². The van der Waals surface area contributed by atoms with Crippen molar-refractivity contribution in [1.82, 2.24) is 4.57 Å². The molecule has 1 aliphatic rings. The maximum Gasteiger partial charge on any atom is 0.262 e. The monoisotopic (exact) mass is 247 g/mol. The molecule has 2 aromatic rings. The van der Waals surface area contributed by atoms with Crippen molar-refractivity contribution < 1.29 is 9.53 Å². The maximum atomic E-state index is 11.9. The molecule has 0 aliphatic carbocycles. The van der Waals surface area contributed by atoms with Crippen LogP contribution in [0.4, 0.5) is 0 Å². The molecule has 0 bridgehead atoms. The smallest absolute Gasteiger partial charge is 0.262 e. The van der Waals surface area contributed by atoms with Crippen LogP contribution in [-0.4, -0.2) is 16.6 Å². The van der Waals surface area contributed by atoms with Crippen LogP contribution in [-0.2, 0) is 4.74 Å². The van der Waals surface area contributed by atoms with Gasteiger partial charge in [-0.25, -0.2) is 0 Å². The summed E-state index contributed by atoms with van der Waals surface area (Å²) in [6.07, 6.45) is 2.94. The van der Waals surface area contributed by atoms with Crippen molar-refractivity contribution in [3.05, 3.63) is 59.4 Å². The minimum Gasteiger partial charge on any atom is -0.354 e. The predicted octanol–water partition coefficient (Wildman–Crippen LogP) is 2.92. The second-order valence-electron chi connectivity index (χ2n) is 3.96. The zero-order chi connectivity index (χ0) is 11.8. The van der Waals surface area contributed by atoms with Gasteiger partial charge in [-0.2, -0.15) is 0 Å². The first kappa shape index (κ1) is 10.6. The summed E-state index contributed by atoms with van der Waals surface area (Å²) in [6.45, 7) is 0. The third kappa shape index (κ3) is 1.99. The lowest BCUT2D eigenvalue weighted by Crippen LogP contribution is -2.15. The Morgan fingerprint density at radius 3 is 2.47 bits per heavy atom. The van der Waals surface area contributed by atoms with Crippen LogP contribution < -0.4 is 0 Å². The van der Waals surface area contributed by atoms with Crippen LogP contribution >= 0.6 is 11.6 Å². The molecule has 86 valence electrons. The quantitative estimate of drug-likeness (QED) is 0.765. The van der Waals surface area contributed by atoms with Gasteiger partial charge >= 0.3 is 0 Å². The fourth-order valence-electron chi connectivity index (χ4n) is 1.83. The van der Waals surface area contributed by atoms with Gasteiger partial charge in [0, 0.05) is 17.4 Å². The molecule has 0 saturated carbocycles. The highest BCUT2D eigenvalue weighted by Gasteiger charge is 2.46. The van der Waals surface area contributed by atoms with Crippen molar-refractivity contribution in [2.75, 3.05) is 0 Å². The van der Waals surface area contributed by atoms with Crippen molar-refractivity contribution >= 4 is 17.5 Å². The average Bonchev–Trinajstić information content (AvgIpc) is 2.94. The van der Waals surface area contributed by atoms with Gasteiger partial charge in [-0.3, -0.25) is 9.36 Å². The molecule has 1 aromatic carbocycles. The average molecular weight is 248 g/mol. The summed E-state index contributed by atoms with van der Waals surface area (Å²) in [6, 6.07) is 11.0. The summed E-state index contributed by atoms with van der Waals surface area (Å²) < 4.78 is 6.96. The second kappa shape index (κ2) is 4.02. The van der Waals surface area contributed by atoms with Crippen LogP contribution in [0, 0.1) is 0 Å². The van der Waals surface area contributed by atoms with Gasteiger partial charge in [-0.15, -0.1) is 0 Å². The Morgan fingerprint density at radius 2 is 1.82 bits per heavy atom. The van der Waals surface area contributed by atoms with E-state index in [0.29, 0.717) is 5.02 Å². The van der Waals surface area contributed by atoms with Gasteiger partial charge in [0.15, 0.2) is 6.10 Å². The van der Waals surface area contributed by atoms with Crippen LogP contribution in [0.3, 0.4) is 0 Å². The summed E-state index contributed by atoms with van der Waals surface area (Å²) in [5.41, 5.74) is 0.986. The number of hydrogen-bond donors (Lipinski definition) is 0. The molecule has 1 aliphatic heterocycles. The Morgan fingerprint density at radius 1 is 1.18 bits per heavy atom. The molecule has 0 radical (unpaired) electrons. The van der Waals surface area contributed by atoms with Crippen molar-refractivity contribution in [1.29, 1.82) is 0 Å². The Labute approximate surface area is 104 Å². The van der Waals surface area contributed by atoms with E-state index in [9.17, 15) is 4.79 Å². The molecule has 1 saturated heterocycles. The molecule has 1 fully saturated rings. The number of benzene rings is 1. The van der Waals surface area contributed by atoms with Crippen molar-refractivity contribution in [3.8, 4) is 0 Å². The Balaban J connectivity index is 1.74. The summed E-state index contributed by atoms with van der Waals surface area (Å²) in [4.78, 5) is 11.9. The fourth-order valence-corrected chi connectivity index (χ4v) is 1.96. The van der Waals surface area contributed by atoms with Crippen LogP contribution in [0.25, 0.3) is 0 Å². The molecule has 0 unspecified atom stereocenters. The highest BCUT2D eigenvalue weighted by Crippen LogP contribution is 2.39. The van der Waals surface area contributed by atoms with Gasteiger partial charge in [0.25, 0.3) is 5.91 Å². The van der Waals surface area contributed by atoms with Gasteiger partial charge in [0.1, 0.15) is 6.10 Å². The molecule has 2 atom stereocenters. The first-order valence-corrected chi connectivity index (χ1v) is 5.71. The maximum absolute atomic E-state index is 11.9. The van der Waals surface area contributed by atoms with Gasteiger partial charge in [-0.05, 0) is 29.8 Å². The van der Waals surface area contributed by atoms with Crippen LogP contribution in [0.15, 0.2) is 48.8 Å². The Hall–Kier alpha value is -1.58. The van der Waals surface area contributed by atoms with Gasteiger partial charge in [0.2, 0.25) is 0 Å². The van der Waals surface area contributed by atoms with E-state index in [2.05, 4.69) is 0 Å². The molecular formula is C13H10ClNO2. The highest BCUT2D eigenvalue weighted by atomic mass is 35.5. The molecule has 2 heterocycles. The van der Waals surface area contributed by atoms with Crippen molar-refractivity contribution in [3.63, 3.8) is 0 Å². The molecule has 17 heavy (non-hydrogen) atoms. The molecule has 0 spiro atoms. The van der Waals surface area contributed by atoms with E-state index in [1.165, 1.54) is 0 Å². The third-order valence-corrected chi connectivity index (χ3v) is 3.04. The minimum absolute atomic E-state index is 0.0325. The van der Waals surface area contributed by atoms with Crippen LogP contribution in [0.1, 0.15) is 16.5 Å². The van der Waals surface area contributed by atoms with Gasteiger partial charge in [-0.1, -0.05) is 23.7 Å². The first-order valence-electron chi connectivity index (χ1n) is 5.34. The number of carbonyl (C=O) groups is 1. The van der Waals surface area contributed by atoms with E-state index in [1.54, 1.807) is 29.1 Å². The van der Waals surface area contributed by atoms with Crippen molar-refractivity contribution in [2.45, 2.75) is 12.2 Å². The van der Waals surface area contributed by atoms with E-state index in [0.717, 1.165) is 5.56 Å². The number of halogens is 1. The fraction of sp³-hybridized carbons (Fsp3) is 0.154. The minimum atomic E-state index is -0.372. The number of epoxide rings is 1. The third-order valence-electron chi connectivity index (χ3n) is 2.79. The lowest BCUT2D eigenvalue weighted by atomic mass is 10.1. The Bertz CT molecular complexity index is 533. The number of hydrogen-bond acceptors (Lipinski definition) is 2. The number of ether oxygens (including phenoxy) is 1. The van der Waals surface area contributed by atoms with E-state index in [-0.39, 0.29) is 18.1 Å². The first-order chi connectivity index (χ1) is 8.25. The normalized spacial score (nSPS) is 22.4. The SMILES string of the molecule is O=C([C@H]1O[C@@H]1c1ccc(Cl)cc1)n1cccc1. The lowest BCUT2D eigenvalue weighted by Gasteiger charge is -1.98. The standard InChI is InChI=1S/C13H10ClNO2/c14-10-5-3-9(4-6-10)11-12(17-11)13(16)15-7-1-2-8-15/h1-8,11-12H/t11-,12+/m1/s1. The van der Waals surface area contributed by atoms with E-state index in [4.69, 9.17) is 16.3 Å². The summed E-state index contributed by atoms with van der Waals surface area (Å²) in [5, 5.41) is 0.683. The lowest BCUT2D eigenvalue weighted by molar-refractivity contribution is 0.0872. The van der Waals surface area contributed by atoms with Crippen molar-refractivity contribution in [2.24, 2.45) is 0 Å². The summed E-state index contributed by atoms with van der Waals surface area (Å²) >= 11 is 5.81. The molecule has 3 nitrogen and oxygen atoms in total. The molecule has 3 rings (SSSR count). The molecule has 0 N–H and O–H groups in total. The zero-order valence-electron chi connectivity index (χ0n) is 8.92. The molecule has 0 amide bonds. The van der Waals surface area contributed by atoms with E-state index >= 15 is 0 Å². The number of rotatable bonds is 2. The summed E-state index contributed by atoms with van der Waals surface area (Å²) in [5.74, 6) is -0.0325. The summed E-state index contributed by atoms with van der Waals surface area (Å²) in [7, 11) is 0. The topological polar surface area (TPSA) is 34.5 Å². The zero-order valence-corrected chi connectivity index (χ0v) is 9.67. The molecule has 1 aromatic heterocycles. The molecule has 4 heteroatoms. The highest BCUT2D eigenvalue weighted by molar-refractivity contribution is 6.30. The number of aromatic nitrogens is 1. The largest absolute Gasteiger partial charge is 0.354 e.